The lowest BCUT2D eigenvalue weighted by atomic mass is 9.99. The Kier molecular flexibility index (Phi) is 5.70. The second-order valence-electron chi connectivity index (χ2n) is 5.43. The van der Waals surface area contributed by atoms with Crippen molar-refractivity contribution in [1.82, 2.24) is 4.72 Å². The first-order chi connectivity index (χ1) is 10.7. The summed E-state index contributed by atoms with van der Waals surface area (Å²) in [5.41, 5.74) is -0.226. The molecule has 0 fully saturated rings. The molecular weight excluding hydrogens is 358 g/mol. The molecule has 0 radical (unpaired) electrons. The summed E-state index contributed by atoms with van der Waals surface area (Å²) in [6.07, 6.45) is 0.363. The van der Waals surface area contributed by atoms with Crippen LogP contribution in [0.5, 0.6) is 5.75 Å². The van der Waals surface area contributed by atoms with Gasteiger partial charge in [-0.1, -0.05) is 11.6 Å². The van der Waals surface area contributed by atoms with E-state index in [4.69, 9.17) is 16.3 Å². The van der Waals surface area contributed by atoms with E-state index in [-0.39, 0.29) is 16.5 Å². The van der Waals surface area contributed by atoms with Crippen molar-refractivity contribution in [2.75, 3.05) is 13.7 Å². The van der Waals surface area contributed by atoms with Crippen molar-refractivity contribution >= 4 is 33.0 Å². The molecule has 0 aliphatic carbocycles. The van der Waals surface area contributed by atoms with Crippen LogP contribution < -0.4 is 9.46 Å². The third-order valence-electron chi connectivity index (χ3n) is 3.24. The maximum atomic E-state index is 12.3. The molecule has 2 rings (SSSR count). The molecule has 2 N–H and O–H groups in total. The number of aliphatic hydroxyl groups is 1. The highest BCUT2D eigenvalue weighted by Gasteiger charge is 2.25. The number of hydrogen-bond acceptors (Lipinski definition) is 5. The smallest absolute Gasteiger partial charge is 0.240 e. The summed E-state index contributed by atoms with van der Waals surface area (Å²) in [6.45, 7) is 1.49. The number of methoxy groups -OCH3 is 1. The van der Waals surface area contributed by atoms with Gasteiger partial charge in [-0.3, -0.25) is 0 Å². The van der Waals surface area contributed by atoms with Gasteiger partial charge in [0.05, 0.1) is 22.6 Å². The molecule has 0 saturated heterocycles. The van der Waals surface area contributed by atoms with Crippen LogP contribution in [0.1, 0.15) is 12.5 Å². The standard InChI is InChI=1S/C15H18ClNO4S2/c1-15(18,8-11-5-6-22-9-11)10-17-23(19,20)12-3-4-14(21-2)13(16)7-12/h3-7,9,17-18H,8,10H2,1-2H3. The SMILES string of the molecule is COc1ccc(S(=O)(=O)NCC(C)(O)Cc2ccsc2)cc1Cl. The van der Waals surface area contributed by atoms with E-state index in [0.29, 0.717) is 12.2 Å². The number of nitrogens with one attached hydrogen (secondary N) is 1. The second kappa shape index (κ2) is 7.19. The Balaban J connectivity index is 2.07. The normalized spacial score (nSPS) is 14.4. The number of hydrogen-bond donors (Lipinski definition) is 2. The first kappa shape index (κ1) is 18.2. The number of halogens is 1. The van der Waals surface area contributed by atoms with Crippen LogP contribution in [0, 0.1) is 0 Å². The maximum Gasteiger partial charge on any atom is 0.240 e. The molecule has 1 atom stereocenters. The van der Waals surface area contributed by atoms with Gasteiger partial charge in [0.25, 0.3) is 0 Å². The Morgan fingerprint density at radius 2 is 2.13 bits per heavy atom. The lowest BCUT2D eigenvalue weighted by Crippen LogP contribution is -2.42. The van der Waals surface area contributed by atoms with Crippen LogP contribution in [0.4, 0.5) is 0 Å². The lowest BCUT2D eigenvalue weighted by Gasteiger charge is -2.23. The molecule has 0 bridgehead atoms. The molecular formula is C15H18ClNO4S2. The molecule has 23 heavy (non-hydrogen) atoms. The number of sulfonamides is 1. The van der Waals surface area contributed by atoms with E-state index >= 15 is 0 Å². The average Bonchev–Trinajstić information content (AvgIpc) is 2.97. The van der Waals surface area contributed by atoms with E-state index < -0.39 is 15.6 Å². The third-order valence-corrected chi connectivity index (χ3v) is 5.67. The summed E-state index contributed by atoms with van der Waals surface area (Å²) in [6, 6.07) is 6.11. The first-order valence-electron chi connectivity index (χ1n) is 6.80. The summed E-state index contributed by atoms with van der Waals surface area (Å²) in [4.78, 5) is 0.0228. The van der Waals surface area contributed by atoms with Crippen molar-refractivity contribution in [3.05, 3.63) is 45.6 Å². The molecule has 8 heteroatoms. The molecule has 1 unspecified atom stereocenters. The highest BCUT2D eigenvalue weighted by atomic mass is 35.5. The minimum atomic E-state index is -3.77. The van der Waals surface area contributed by atoms with Gasteiger partial charge in [-0.25, -0.2) is 13.1 Å². The average molecular weight is 376 g/mol. The molecule has 1 heterocycles. The van der Waals surface area contributed by atoms with E-state index in [9.17, 15) is 13.5 Å². The first-order valence-corrected chi connectivity index (χ1v) is 9.60. The second-order valence-corrected chi connectivity index (χ2v) is 8.38. The van der Waals surface area contributed by atoms with Crippen LogP contribution in [-0.4, -0.2) is 32.8 Å². The van der Waals surface area contributed by atoms with Crippen molar-refractivity contribution in [3.8, 4) is 5.75 Å². The van der Waals surface area contributed by atoms with E-state index in [1.807, 2.05) is 16.8 Å². The van der Waals surface area contributed by atoms with Gasteiger partial charge in [-0.05, 0) is 47.5 Å². The van der Waals surface area contributed by atoms with Crippen LogP contribution in [-0.2, 0) is 16.4 Å². The van der Waals surface area contributed by atoms with Gasteiger partial charge in [-0.2, -0.15) is 11.3 Å². The highest BCUT2D eigenvalue weighted by Crippen LogP contribution is 2.27. The summed E-state index contributed by atoms with van der Waals surface area (Å²) in [5.74, 6) is 0.398. The van der Waals surface area contributed by atoms with Crippen molar-refractivity contribution in [2.24, 2.45) is 0 Å². The fraction of sp³-hybridized carbons (Fsp3) is 0.333. The number of benzene rings is 1. The van der Waals surface area contributed by atoms with Gasteiger partial charge in [0, 0.05) is 13.0 Å². The van der Waals surface area contributed by atoms with E-state index in [1.165, 1.54) is 36.6 Å². The van der Waals surface area contributed by atoms with Crippen molar-refractivity contribution in [2.45, 2.75) is 23.8 Å². The predicted octanol–water partition coefficient (Wildman–Crippen LogP) is 2.68. The molecule has 5 nitrogen and oxygen atoms in total. The molecule has 0 spiro atoms. The molecule has 0 amide bonds. The Hall–Kier alpha value is -1.12. The third kappa shape index (κ3) is 4.92. The van der Waals surface area contributed by atoms with E-state index in [0.717, 1.165) is 5.56 Å². The van der Waals surface area contributed by atoms with E-state index in [2.05, 4.69) is 4.72 Å². The lowest BCUT2D eigenvalue weighted by molar-refractivity contribution is 0.0658. The summed E-state index contributed by atoms with van der Waals surface area (Å²) in [5, 5.41) is 14.4. The van der Waals surface area contributed by atoms with Gasteiger partial charge >= 0.3 is 0 Å². The minimum absolute atomic E-state index is 0.0228. The van der Waals surface area contributed by atoms with Crippen LogP contribution in [0.2, 0.25) is 5.02 Å². The Labute approximate surface area is 144 Å². The van der Waals surface area contributed by atoms with Gasteiger partial charge in [-0.15, -0.1) is 0 Å². The summed E-state index contributed by atoms with van der Waals surface area (Å²) < 4.78 is 32.0. The zero-order valence-corrected chi connectivity index (χ0v) is 15.1. The summed E-state index contributed by atoms with van der Waals surface area (Å²) >= 11 is 7.48. The van der Waals surface area contributed by atoms with Gasteiger partial charge in [0.15, 0.2) is 0 Å². The molecule has 0 aliphatic rings. The predicted molar refractivity (Wildman–Crippen MR) is 91.8 cm³/mol. The summed E-state index contributed by atoms with van der Waals surface area (Å²) in [7, 11) is -2.31. The molecule has 0 aliphatic heterocycles. The zero-order valence-electron chi connectivity index (χ0n) is 12.7. The van der Waals surface area contributed by atoms with Crippen molar-refractivity contribution in [1.29, 1.82) is 0 Å². The Morgan fingerprint density at radius 1 is 1.39 bits per heavy atom. The quantitative estimate of drug-likeness (QED) is 0.780. The van der Waals surface area contributed by atoms with Gasteiger partial charge in [0.1, 0.15) is 5.75 Å². The van der Waals surface area contributed by atoms with Gasteiger partial charge in [0.2, 0.25) is 10.0 Å². The van der Waals surface area contributed by atoms with Gasteiger partial charge < -0.3 is 9.84 Å². The van der Waals surface area contributed by atoms with Crippen LogP contribution in [0.15, 0.2) is 39.9 Å². The highest BCUT2D eigenvalue weighted by molar-refractivity contribution is 7.89. The van der Waals surface area contributed by atoms with Crippen LogP contribution in [0.25, 0.3) is 0 Å². The number of ether oxygens (including phenoxy) is 1. The molecule has 1 aromatic heterocycles. The van der Waals surface area contributed by atoms with Crippen molar-refractivity contribution < 1.29 is 18.3 Å². The minimum Gasteiger partial charge on any atom is -0.495 e. The topological polar surface area (TPSA) is 75.6 Å². The van der Waals surface area contributed by atoms with Crippen molar-refractivity contribution in [3.63, 3.8) is 0 Å². The molecule has 1 aromatic carbocycles. The van der Waals surface area contributed by atoms with Crippen LogP contribution >= 0.6 is 22.9 Å². The maximum absolute atomic E-state index is 12.3. The zero-order chi connectivity index (χ0) is 17.1. The van der Waals surface area contributed by atoms with E-state index in [1.54, 1.807) is 6.92 Å². The number of thiophene rings is 1. The Bertz CT molecular complexity index is 758. The fourth-order valence-electron chi connectivity index (χ4n) is 2.04. The molecule has 0 saturated carbocycles. The Morgan fingerprint density at radius 3 is 2.70 bits per heavy atom. The molecule has 126 valence electrons. The number of rotatable bonds is 7. The molecule has 2 aromatic rings. The fourth-order valence-corrected chi connectivity index (χ4v) is 4.22. The monoisotopic (exact) mass is 375 g/mol. The largest absolute Gasteiger partial charge is 0.495 e. The van der Waals surface area contributed by atoms with Crippen LogP contribution in [0.3, 0.4) is 0 Å².